The van der Waals surface area contributed by atoms with Gasteiger partial charge in [0.1, 0.15) is 16.2 Å². The largest absolute Gasteiger partial charge is 0.468 e. The van der Waals surface area contributed by atoms with Crippen molar-refractivity contribution in [3.8, 4) is 17.1 Å². The first-order chi connectivity index (χ1) is 10.7. The quantitative estimate of drug-likeness (QED) is 0.779. The summed E-state index contributed by atoms with van der Waals surface area (Å²) in [4.78, 5) is 4.69. The number of aromatic nitrogens is 2. The Labute approximate surface area is 138 Å². The highest BCUT2D eigenvalue weighted by atomic mass is 79.9. The Kier molecular flexibility index (Phi) is 4.81. The van der Waals surface area contributed by atoms with Crippen LogP contribution in [-0.2, 0) is 22.4 Å². The first kappa shape index (κ1) is 15.5. The lowest BCUT2D eigenvalue weighted by atomic mass is 10.2. The summed E-state index contributed by atoms with van der Waals surface area (Å²) < 4.78 is 19.2. The molecule has 0 radical (unpaired) electrons. The predicted octanol–water partition coefficient (Wildman–Crippen LogP) is 3.26. The molecule has 0 saturated heterocycles. The van der Waals surface area contributed by atoms with E-state index < -0.39 is 0 Å². The molecule has 0 spiro atoms. The average molecular weight is 367 g/mol. The Morgan fingerprint density at radius 2 is 2.14 bits per heavy atom. The second-order valence-electron chi connectivity index (χ2n) is 5.29. The zero-order valence-corrected chi connectivity index (χ0v) is 14.3. The SMILES string of the molecule is COCOc1ccc(-c2nc(Br)c3n2CC(C)OCC3)cc1. The van der Waals surface area contributed by atoms with Gasteiger partial charge in [-0.15, -0.1) is 0 Å². The minimum absolute atomic E-state index is 0.186. The number of halogens is 1. The van der Waals surface area contributed by atoms with Crippen LogP contribution in [-0.4, -0.2) is 36.2 Å². The lowest BCUT2D eigenvalue weighted by molar-refractivity contribution is 0.0511. The van der Waals surface area contributed by atoms with Gasteiger partial charge < -0.3 is 18.8 Å². The smallest absolute Gasteiger partial charge is 0.188 e. The standard InChI is InChI=1S/C16H19BrN2O3/c1-11-9-19-14(7-8-21-11)15(17)18-16(19)12-3-5-13(6-4-12)22-10-20-2/h3-6,11H,7-10H2,1-2H3. The van der Waals surface area contributed by atoms with Crippen molar-refractivity contribution < 1.29 is 14.2 Å². The molecule has 6 heteroatoms. The molecule has 0 aliphatic carbocycles. The third-order valence-electron chi connectivity index (χ3n) is 3.66. The fraction of sp³-hybridized carbons (Fsp3) is 0.438. The molecule has 1 aliphatic heterocycles. The number of rotatable bonds is 4. The molecule has 1 aromatic carbocycles. The maximum Gasteiger partial charge on any atom is 0.188 e. The third-order valence-corrected chi connectivity index (χ3v) is 4.30. The van der Waals surface area contributed by atoms with E-state index in [1.807, 2.05) is 24.3 Å². The summed E-state index contributed by atoms with van der Waals surface area (Å²) in [6, 6.07) is 7.90. The number of hydrogen-bond acceptors (Lipinski definition) is 4. The van der Waals surface area contributed by atoms with E-state index in [1.165, 1.54) is 5.69 Å². The van der Waals surface area contributed by atoms with Crippen LogP contribution in [0, 0.1) is 0 Å². The Balaban J connectivity index is 1.91. The lowest BCUT2D eigenvalue weighted by Crippen LogP contribution is -2.14. The first-order valence-electron chi connectivity index (χ1n) is 7.27. The Hall–Kier alpha value is -1.37. The van der Waals surface area contributed by atoms with Gasteiger partial charge in [-0.25, -0.2) is 4.98 Å². The summed E-state index contributed by atoms with van der Waals surface area (Å²) in [5.41, 5.74) is 2.25. The molecule has 2 aromatic rings. The molecular weight excluding hydrogens is 348 g/mol. The summed E-state index contributed by atoms with van der Waals surface area (Å²) in [7, 11) is 1.61. The molecule has 1 atom stereocenters. The van der Waals surface area contributed by atoms with Crippen LogP contribution in [0.5, 0.6) is 5.75 Å². The van der Waals surface area contributed by atoms with E-state index in [2.05, 4.69) is 32.4 Å². The van der Waals surface area contributed by atoms with Gasteiger partial charge in [-0.05, 0) is 47.1 Å². The van der Waals surface area contributed by atoms with Crippen molar-refractivity contribution in [2.24, 2.45) is 0 Å². The van der Waals surface area contributed by atoms with Crippen molar-refractivity contribution in [3.63, 3.8) is 0 Å². The number of methoxy groups -OCH3 is 1. The van der Waals surface area contributed by atoms with E-state index in [9.17, 15) is 0 Å². The highest BCUT2D eigenvalue weighted by molar-refractivity contribution is 9.10. The molecule has 3 rings (SSSR count). The second-order valence-corrected chi connectivity index (χ2v) is 6.04. The third kappa shape index (κ3) is 3.19. The minimum atomic E-state index is 0.186. The minimum Gasteiger partial charge on any atom is -0.468 e. The zero-order valence-electron chi connectivity index (χ0n) is 12.7. The van der Waals surface area contributed by atoms with Crippen molar-refractivity contribution in [1.29, 1.82) is 0 Å². The van der Waals surface area contributed by atoms with Gasteiger partial charge in [-0.1, -0.05) is 0 Å². The van der Waals surface area contributed by atoms with E-state index in [0.717, 1.165) is 41.3 Å². The van der Waals surface area contributed by atoms with Gasteiger partial charge >= 0.3 is 0 Å². The monoisotopic (exact) mass is 366 g/mol. The predicted molar refractivity (Wildman–Crippen MR) is 87.0 cm³/mol. The topological polar surface area (TPSA) is 45.5 Å². The molecule has 22 heavy (non-hydrogen) atoms. The van der Waals surface area contributed by atoms with Crippen LogP contribution in [0.15, 0.2) is 28.9 Å². The van der Waals surface area contributed by atoms with Gasteiger partial charge in [0, 0.05) is 19.1 Å². The normalized spacial score (nSPS) is 17.9. The summed E-state index contributed by atoms with van der Waals surface area (Å²) in [5, 5.41) is 0. The van der Waals surface area contributed by atoms with Crippen LogP contribution in [0.2, 0.25) is 0 Å². The van der Waals surface area contributed by atoms with Crippen LogP contribution in [0.4, 0.5) is 0 Å². The van der Waals surface area contributed by atoms with Crippen molar-refractivity contribution in [1.82, 2.24) is 9.55 Å². The molecule has 0 amide bonds. The molecule has 1 aliphatic rings. The maximum atomic E-state index is 5.75. The number of hydrogen-bond donors (Lipinski definition) is 0. The van der Waals surface area contributed by atoms with Gasteiger partial charge in [0.25, 0.3) is 0 Å². The van der Waals surface area contributed by atoms with Crippen molar-refractivity contribution >= 4 is 15.9 Å². The van der Waals surface area contributed by atoms with E-state index in [-0.39, 0.29) is 12.9 Å². The number of benzene rings is 1. The van der Waals surface area contributed by atoms with Gasteiger partial charge in [-0.2, -0.15) is 0 Å². The van der Waals surface area contributed by atoms with Crippen molar-refractivity contribution in [2.75, 3.05) is 20.5 Å². The van der Waals surface area contributed by atoms with E-state index >= 15 is 0 Å². The average Bonchev–Trinajstić information content (AvgIpc) is 2.71. The molecule has 0 N–H and O–H groups in total. The van der Waals surface area contributed by atoms with Gasteiger partial charge in [0.05, 0.1) is 24.9 Å². The summed E-state index contributed by atoms with van der Waals surface area (Å²) in [6.07, 6.45) is 1.05. The maximum absolute atomic E-state index is 5.75. The van der Waals surface area contributed by atoms with Crippen LogP contribution < -0.4 is 4.74 Å². The van der Waals surface area contributed by atoms with Crippen LogP contribution in [0.3, 0.4) is 0 Å². The Morgan fingerprint density at radius 1 is 1.36 bits per heavy atom. The number of fused-ring (bicyclic) bond motifs is 1. The highest BCUT2D eigenvalue weighted by Crippen LogP contribution is 2.29. The van der Waals surface area contributed by atoms with E-state index in [0.29, 0.717) is 0 Å². The summed E-state index contributed by atoms with van der Waals surface area (Å²) in [5.74, 6) is 1.74. The molecule has 0 fully saturated rings. The number of nitrogens with zero attached hydrogens (tertiary/aromatic N) is 2. The zero-order chi connectivity index (χ0) is 15.5. The van der Waals surface area contributed by atoms with Gasteiger partial charge in [-0.3, -0.25) is 0 Å². The fourth-order valence-electron chi connectivity index (χ4n) is 2.61. The molecule has 1 unspecified atom stereocenters. The molecule has 0 saturated carbocycles. The highest BCUT2D eigenvalue weighted by Gasteiger charge is 2.21. The Morgan fingerprint density at radius 3 is 2.86 bits per heavy atom. The molecule has 5 nitrogen and oxygen atoms in total. The van der Waals surface area contributed by atoms with Gasteiger partial charge in [0.2, 0.25) is 0 Å². The second kappa shape index (κ2) is 6.81. The van der Waals surface area contributed by atoms with Crippen molar-refractivity contribution in [2.45, 2.75) is 26.0 Å². The molecule has 1 aromatic heterocycles. The molecule has 2 heterocycles. The number of ether oxygens (including phenoxy) is 3. The van der Waals surface area contributed by atoms with Crippen LogP contribution in [0.25, 0.3) is 11.4 Å². The van der Waals surface area contributed by atoms with Crippen molar-refractivity contribution in [3.05, 3.63) is 34.6 Å². The fourth-order valence-corrected chi connectivity index (χ4v) is 3.19. The van der Waals surface area contributed by atoms with Crippen LogP contribution in [0.1, 0.15) is 12.6 Å². The lowest BCUT2D eigenvalue weighted by Gasteiger charge is -2.13. The number of imidazole rings is 1. The van der Waals surface area contributed by atoms with Crippen LogP contribution >= 0.6 is 15.9 Å². The first-order valence-corrected chi connectivity index (χ1v) is 8.07. The molecular formula is C16H19BrN2O3. The van der Waals surface area contributed by atoms with E-state index in [4.69, 9.17) is 14.2 Å². The summed E-state index contributed by atoms with van der Waals surface area (Å²) >= 11 is 3.57. The summed E-state index contributed by atoms with van der Waals surface area (Å²) in [6.45, 7) is 3.88. The molecule has 118 valence electrons. The molecule has 0 bridgehead atoms. The Bertz CT molecular complexity index is 640. The van der Waals surface area contributed by atoms with Gasteiger partial charge in [0.15, 0.2) is 6.79 Å². The van der Waals surface area contributed by atoms with E-state index in [1.54, 1.807) is 7.11 Å².